The average Bonchev–Trinajstić information content (AvgIpc) is 2.69. The number of carbonyl (C=O) groups is 1. The van der Waals surface area contributed by atoms with Crippen LogP contribution in [0.4, 0.5) is 0 Å². The van der Waals surface area contributed by atoms with Gasteiger partial charge in [0, 0.05) is 0 Å². The van der Waals surface area contributed by atoms with Crippen molar-refractivity contribution in [2.24, 2.45) is 0 Å². The second kappa shape index (κ2) is 4.67. The summed E-state index contributed by atoms with van der Waals surface area (Å²) in [5, 5.41) is 9.10. The van der Waals surface area contributed by atoms with Gasteiger partial charge in [0.25, 0.3) is 0 Å². The fourth-order valence-electron chi connectivity index (χ4n) is 1.72. The molecule has 0 fully saturated rings. The number of ether oxygens (including phenoxy) is 1. The van der Waals surface area contributed by atoms with Gasteiger partial charge in [0.2, 0.25) is 0 Å². The van der Waals surface area contributed by atoms with E-state index in [1.807, 2.05) is 6.26 Å². The zero-order valence-corrected chi connectivity index (χ0v) is 10.3. The fourth-order valence-corrected chi connectivity index (χ4v) is 2.17. The molecule has 0 amide bonds. The zero-order chi connectivity index (χ0) is 12.4. The molecular weight excluding hydrogens is 240 g/mol. The monoisotopic (exact) mass is 252 g/mol. The minimum atomic E-state index is -1.02. The molecule has 0 spiro atoms. The molecular formula is C11H12N2O3S. The van der Waals surface area contributed by atoms with Gasteiger partial charge in [-0.3, -0.25) is 4.40 Å². The first kappa shape index (κ1) is 11.8. The molecule has 17 heavy (non-hydrogen) atoms. The Bertz CT molecular complexity index is 565. The topological polar surface area (TPSA) is 63.8 Å². The molecule has 1 N–H and O–H groups in total. The first-order valence-electron chi connectivity index (χ1n) is 4.95. The summed E-state index contributed by atoms with van der Waals surface area (Å²) < 4.78 is 6.96. The fraction of sp³-hybridized carbons (Fsp3) is 0.273. The van der Waals surface area contributed by atoms with Gasteiger partial charge in [0.1, 0.15) is 5.82 Å². The quantitative estimate of drug-likeness (QED) is 0.900. The Morgan fingerprint density at radius 3 is 2.94 bits per heavy atom. The Kier molecular flexibility index (Phi) is 3.23. The predicted octanol–water partition coefficient (Wildman–Crippen LogP) is 1.90. The summed E-state index contributed by atoms with van der Waals surface area (Å²) in [6.07, 6.45) is 1.94. The van der Waals surface area contributed by atoms with Gasteiger partial charge in [-0.2, -0.15) is 11.8 Å². The molecule has 0 saturated heterocycles. The number of carboxylic acid groups (broad SMARTS) is 1. The maximum absolute atomic E-state index is 11.1. The van der Waals surface area contributed by atoms with Gasteiger partial charge in [0.05, 0.1) is 18.4 Å². The maximum Gasteiger partial charge on any atom is 0.356 e. The summed E-state index contributed by atoms with van der Waals surface area (Å²) in [4.78, 5) is 15.3. The van der Waals surface area contributed by atoms with Crippen molar-refractivity contribution in [3.8, 4) is 5.88 Å². The van der Waals surface area contributed by atoms with E-state index >= 15 is 0 Å². The van der Waals surface area contributed by atoms with Crippen LogP contribution >= 0.6 is 11.8 Å². The molecule has 0 aliphatic carbocycles. The van der Waals surface area contributed by atoms with Gasteiger partial charge >= 0.3 is 5.97 Å². The van der Waals surface area contributed by atoms with Crippen LogP contribution in [0.1, 0.15) is 16.3 Å². The number of carboxylic acids is 1. The van der Waals surface area contributed by atoms with Crippen LogP contribution in [0.3, 0.4) is 0 Å². The molecule has 0 saturated carbocycles. The Morgan fingerprint density at radius 2 is 2.35 bits per heavy atom. The highest BCUT2D eigenvalue weighted by Crippen LogP contribution is 2.22. The Hall–Kier alpha value is -1.69. The van der Waals surface area contributed by atoms with Crippen molar-refractivity contribution in [2.75, 3.05) is 13.4 Å². The van der Waals surface area contributed by atoms with E-state index in [2.05, 4.69) is 4.98 Å². The molecule has 0 aliphatic heterocycles. The normalized spacial score (nSPS) is 10.7. The zero-order valence-electron chi connectivity index (χ0n) is 9.51. The predicted molar refractivity (Wildman–Crippen MR) is 65.9 cm³/mol. The van der Waals surface area contributed by atoms with Crippen molar-refractivity contribution in [2.45, 2.75) is 5.75 Å². The summed E-state index contributed by atoms with van der Waals surface area (Å²) in [6.45, 7) is 0. The lowest BCUT2D eigenvalue weighted by Crippen LogP contribution is -1.98. The van der Waals surface area contributed by atoms with E-state index < -0.39 is 5.97 Å². The SMILES string of the molecule is COc1cccc2c(C(=O)O)nc(CSC)n12. The van der Waals surface area contributed by atoms with Gasteiger partial charge in [-0.15, -0.1) is 0 Å². The molecule has 0 bridgehead atoms. The lowest BCUT2D eigenvalue weighted by Gasteiger charge is -2.06. The highest BCUT2D eigenvalue weighted by atomic mass is 32.2. The molecule has 2 rings (SSSR count). The van der Waals surface area contributed by atoms with Crippen molar-refractivity contribution in [1.82, 2.24) is 9.38 Å². The summed E-state index contributed by atoms with van der Waals surface area (Å²) in [7, 11) is 1.55. The number of rotatable bonds is 4. The highest BCUT2D eigenvalue weighted by molar-refractivity contribution is 7.97. The van der Waals surface area contributed by atoms with Crippen molar-refractivity contribution >= 4 is 23.2 Å². The van der Waals surface area contributed by atoms with E-state index in [4.69, 9.17) is 9.84 Å². The first-order chi connectivity index (χ1) is 8.19. The van der Waals surface area contributed by atoms with Crippen LogP contribution in [-0.4, -0.2) is 33.8 Å². The smallest absolute Gasteiger partial charge is 0.356 e. The van der Waals surface area contributed by atoms with Crippen LogP contribution in [0.15, 0.2) is 18.2 Å². The molecule has 0 atom stereocenters. The van der Waals surface area contributed by atoms with Crippen LogP contribution in [0, 0.1) is 0 Å². The van der Waals surface area contributed by atoms with E-state index in [0.717, 1.165) is 0 Å². The molecule has 0 aromatic carbocycles. The van der Waals surface area contributed by atoms with Crippen molar-refractivity contribution in [3.05, 3.63) is 29.7 Å². The van der Waals surface area contributed by atoms with Gasteiger partial charge < -0.3 is 9.84 Å². The van der Waals surface area contributed by atoms with E-state index in [0.29, 0.717) is 23.0 Å². The molecule has 2 heterocycles. The first-order valence-corrected chi connectivity index (χ1v) is 6.35. The highest BCUT2D eigenvalue weighted by Gasteiger charge is 2.18. The molecule has 2 aromatic heterocycles. The number of hydrogen-bond donors (Lipinski definition) is 1. The summed E-state index contributed by atoms with van der Waals surface area (Å²) in [5.74, 6) is 0.881. The molecule has 0 unspecified atom stereocenters. The standard InChI is InChI=1S/C11H12N2O3S/c1-16-9-5-3-4-7-10(11(14)15)12-8(6-17-2)13(7)9/h3-5H,6H2,1-2H3,(H,14,15). The second-order valence-corrected chi connectivity index (χ2v) is 4.27. The maximum atomic E-state index is 11.1. The third kappa shape index (κ3) is 1.95. The Labute approximate surface area is 102 Å². The lowest BCUT2D eigenvalue weighted by molar-refractivity contribution is 0.0693. The number of nitrogens with zero attached hydrogens (tertiary/aromatic N) is 2. The van der Waals surface area contributed by atoms with Gasteiger partial charge in [-0.25, -0.2) is 9.78 Å². The molecule has 2 aromatic rings. The largest absolute Gasteiger partial charge is 0.482 e. The minimum absolute atomic E-state index is 0.0629. The number of thioether (sulfide) groups is 1. The van der Waals surface area contributed by atoms with Crippen molar-refractivity contribution in [3.63, 3.8) is 0 Å². The van der Waals surface area contributed by atoms with E-state index in [-0.39, 0.29) is 5.69 Å². The number of fused-ring (bicyclic) bond motifs is 1. The molecule has 5 nitrogen and oxygen atoms in total. The van der Waals surface area contributed by atoms with E-state index in [9.17, 15) is 4.79 Å². The number of imidazole rings is 1. The van der Waals surface area contributed by atoms with Crippen LogP contribution < -0.4 is 4.74 Å². The molecule has 90 valence electrons. The average molecular weight is 252 g/mol. The van der Waals surface area contributed by atoms with Crippen LogP contribution in [0.2, 0.25) is 0 Å². The van der Waals surface area contributed by atoms with Gasteiger partial charge in [-0.1, -0.05) is 6.07 Å². The van der Waals surface area contributed by atoms with E-state index in [1.165, 1.54) is 0 Å². The number of pyridine rings is 1. The van der Waals surface area contributed by atoms with Gasteiger partial charge in [-0.05, 0) is 18.4 Å². The second-order valence-electron chi connectivity index (χ2n) is 3.40. The summed E-state index contributed by atoms with van der Waals surface area (Å²) in [5.41, 5.74) is 0.619. The van der Waals surface area contributed by atoms with Crippen molar-refractivity contribution < 1.29 is 14.6 Å². The number of hydrogen-bond acceptors (Lipinski definition) is 4. The molecule has 0 radical (unpaired) electrons. The van der Waals surface area contributed by atoms with Crippen LogP contribution in [-0.2, 0) is 5.75 Å². The summed E-state index contributed by atoms with van der Waals surface area (Å²) in [6, 6.07) is 5.26. The number of aromatic nitrogens is 2. The van der Waals surface area contributed by atoms with Crippen molar-refractivity contribution in [1.29, 1.82) is 0 Å². The molecule has 0 aliphatic rings. The van der Waals surface area contributed by atoms with Gasteiger partial charge in [0.15, 0.2) is 11.6 Å². The van der Waals surface area contributed by atoms with E-state index in [1.54, 1.807) is 41.5 Å². The summed E-state index contributed by atoms with van der Waals surface area (Å²) >= 11 is 1.58. The third-order valence-electron chi connectivity index (χ3n) is 2.38. The number of methoxy groups -OCH3 is 1. The Morgan fingerprint density at radius 1 is 1.59 bits per heavy atom. The third-order valence-corrected chi connectivity index (χ3v) is 2.93. The molecule has 6 heteroatoms. The number of aromatic carboxylic acids is 1. The van der Waals surface area contributed by atoms with Crippen LogP contribution in [0.5, 0.6) is 5.88 Å². The minimum Gasteiger partial charge on any atom is -0.482 e. The lowest BCUT2D eigenvalue weighted by atomic mass is 10.3. The Balaban J connectivity index is 2.76. The van der Waals surface area contributed by atoms with Crippen LogP contribution in [0.25, 0.3) is 5.52 Å².